The predicted octanol–water partition coefficient (Wildman–Crippen LogP) is 3.65. The van der Waals surface area contributed by atoms with Gasteiger partial charge in [0.2, 0.25) is 0 Å². The number of quaternary nitrogens is 1. The third-order valence-electron chi connectivity index (χ3n) is 10.5. The SMILES string of the molecule is CCCCCC[N+]12C3C[C@@H](C4C(O)[C@]5(C[C@@H]41)c1ccccc1N(C)[C@@H]35)[C@H](CC)[C@H]2O. The first-order valence-electron chi connectivity index (χ1n) is 12.6. The Morgan fingerprint density at radius 1 is 1.10 bits per heavy atom. The zero-order valence-corrected chi connectivity index (χ0v) is 18.9. The van der Waals surface area contributed by atoms with Gasteiger partial charge in [0.05, 0.1) is 30.1 Å². The van der Waals surface area contributed by atoms with Gasteiger partial charge in [-0.3, -0.25) is 4.48 Å². The first-order chi connectivity index (χ1) is 14.5. The van der Waals surface area contributed by atoms with Crippen molar-refractivity contribution in [1.29, 1.82) is 0 Å². The van der Waals surface area contributed by atoms with E-state index in [1.807, 2.05) is 0 Å². The number of unbranched alkanes of at least 4 members (excludes halogenated alkanes) is 3. The fourth-order valence-electron chi connectivity index (χ4n) is 9.65. The molecule has 4 nitrogen and oxygen atoms in total. The number of hydrogen-bond acceptors (Lipinski definition) is 3. The van der Waals surface area contributed by atoms with E-state index in [0.29, 0.717) is 35.9 Å². The molecular formula is C26H39N2O2+. The van der Waals surface area contributed by atoms with Crippen LogP contribution in [0.4, 0.5) is 5.69 Å². The Labute approximate surface area is 181 Å². The van der Waals surface area contributed by atoms with Crippen molar-refractivity contribution in [2.45, 2.75) is 94.7 Å². The Hall–Kier alpha value is -1.10. The minimum Gasteiger partial charge on any atom is -0.392 e. The van der Waals surface area contributed by atoms with Crippen LogP contribution in [0.25, 0.3) is 0 Å². The Balaban J connectivity index is 1.50. The van der Waals surface area contributed by atoms with Crippen LogP contribution >= 0.6 is 0 Å². The molecule has 2 N–H and O–H groups in total. The van der Waals surface area contributed by atoms with Gasteiger partial charge in [-0.25, -0.2) is 0 Å². The molecule has 0 amide bonds. The summed E-state index contributed by atoms with van der Waals surface area (Å²) in [5.74, 6) is 1.18. The van der Waals surface area contributed by atoms with E-state index in [9.17, 15) is 10.2 Å². The monoisotopic (exact) mass is 411 g/mol. The van der Waals surface area contributed by atoms with Gasteiger partial charge < -0.3 is 15.1 Å². The van der Waals surface area contributed by atoms with Crippen LogP contribution in [0.1, 0.15) is 64.4 Å². The Morgan fingerprint density at radius 3 is 2.67 bits per heavy atom. The summed E-state index contributed by atoms with van der Waals surface area (Å²) in [7, 11) is 2.25. The first kappa shape index (κ1) is 19.6. The molecule has 1 aromatic carbocycles. The number of aliphatic hydroxyl groups is 2. The van der Waals surface area contributed by atoms with E-state index < -0.39 is 0 Å². The molecule has 4 unspecified atom stereocenters. The second-order valence-corrected chi connectivity index (χ2v) is 11.1. The average molecular weight is 412 g/mol. The van der Waals surface area contributed by atoms with E-state index >= 15 is 0 Å². The number of para-hydroxylation sites is 1. The lowest BCUT2D eigenvalue weighted by molar-refractivity contribution is -1.04. The van der Waals surface area contributed by atoms with Crippen LogP contribution in [0.2, 0.25) is 0 Å². The molecule has 5 aliphatic heterocycles. The van der Waals surface area contributed by atoms with E-state index in [1.54, 1.807) is 0 Å². The molecule has 4 heteroatoms. The number of rotatable bonds is 6. The molecule has 5 fully saturated rings. The maximum atomic E-state index is 12.0. The van der Waals surface area contributed by atoms with Crippen molar-refractivity contribution >= 4 is 5.69 Å². The lowest BCUT2D eigenvalue weighted by atomic mass is 9.60. The number of benzene rings is 1. The predicted molar refractivity (Wildman–Crippen MR) is 119 cm³/mol. The van der Waals surface area contributed by atoms with Crippen LogP contribution < -0.4 is 4.90 Å². The summed E-state index contributed by atoms with van der Waals surface area (Å²) in [5, 5.41) is 23.9. The third kappa shape index (κ3) is 1.96. The summed E-state index contributed by atoms with van der Waals surface area (Å²) >= 11 is 0. The van der Waals surface area contributed by atoms with E-state index in [1.165, 1.54) is 43.4 Å². The fourth-order valence-corrected chi connectivity index (χ4v) is 9.65. The van der Waals surface area contributed by atoms with Gasteiger partial charge in [0, 0.05) is 37.4 Å². The maximum Gasteiger partial charge on any atom is 0.194 e. The molecule has 6 aliphatic rings. The van der Waals surface area contributed by atoms with Gasteiger partial charge in [-0.05, 0) is 36.8 Å². The number of hydrogen-bond donors (Lipinski definition) is 2. The van der Waals surface area contributed by atoms with Crippen molar-refractivity contribution in [2.75, 3.05) is 18.5 Å². The van der Waals surface area contributed by atoms with Crippen LogP contribution in [0.15, 0.2) is 24.3 Å². The first-order valence-corrected chi connectivity index (χ1v) is 12.6. The second kappa shape index (κ2) is 6.46. The summed E-state index contributed by atoms with van der Waals surface area (Å²) in [5.41, 5.74) is 2.57. The summed E-state index contributed by atoms with van der Waals surface area (Å²) in [6.07, 6.45) is 7.77. The number of fused-ring (bicyclic) bond motifs is 2. The van der Waals surface area contributed by atoms with Crippen LogP contribution in [0, 0.1) is 17.8 Å². The van der Waals surface area contributed by atoms with Crippen LogP contribution in [-0.2, 0) is 5.41 Å². The van der Waals surface area contributed by atoms with Crippen molar-refractivity contribution in [2.24, 2.45) is 17.8 Å². The normalized spacial score (nSPS) is 49.6. The molecule has 4 saturated heterocycles. The standard InChI is InChI=1S/C26H39N2O2/c1-4-6-7-10-13-28-20-14-17(16(5-2)25(28)30)22-21(28)15-26(24(22)29)18-11-8-9-12-19(18)27(3)23(20)26/h8-9,11-12,16-17,20-25,29-30H,4-7,10,13-15H2,1-3H3/q+1/t16-,17+,20?,21-,22?,23-,24?,25+,26+,28?/m0/s1. The number of likely N-dealkylation sites (N-methyl/N-ethyl adjacent to an activating group) is 1. The molecule has 10 atom stereocenters. The lowest BCUT2D eigenvalue weighted by Crippen LogP contribution is -2.83. The van der Waals surface area contributed by atoms with Crippen LogP contribution in [-0.4, -0.2) is 58.7 Å². The largest absolute Gasteiger partial charge is 0.392 e. The molecule has 5 heterocycles. The lowest BCUT2D eigenvalue weighted by Gasteiger charge is -2.68. The van der Waals surface area contributed by atoms with E-state index in [-0.39, 0.29) is 17.7 Å². The van der Waals surface area contributed by atoms with Crippen LogP contribution in [0.3, 0.4) is 0 Å². The van der Waals surface area contributed by atoms with E-state index in [2.05, 4.69) is 50.1 Å². The second-order valence-electron chi connectivity index (χ2n) is 11.1. The summed E-state index contributed by atoms with van der Waals surface area (Å²) < 4.78 is 0.894. The molecule has 1 aliphatic carbocycles. The summed E-state index contributed by atoms with van der Waals surface area (Å²) in [6, 6.07) is 10.0. The summed E-state index contributed by atoms with van der Waals surface area (Å²) in [4.78, 5) is 2.50. The van der Waals surface area contributed by atoms with Crippen LogP contribution in [0.5, 0.6) is 0 Å². The smallest absolute Gasteiger partial charge is 0.194 e. The fraction of sp³-hybridized carbons (Fsp3) is 0.769. The highest BCUT2D eigenvalue weighted by Crippen LogP contribution is 2.71. The number of piperidine rings is 4. The van der Waals surface area contributed by atoms with Gasteiger partial charge >= 0.3 is 0 Å². The zero-order chi connectivity index (χ0) is 20.8. The number of nitrogens with zero attached hydrogens (tertiary/aromatic N) is 2. The quantitative estimate of drug-likeness (QED) is 0.555. The van der Waals surface area contributed by atoms with Gasteiger partial charge in [0.1, 0.15) is 6.04 Å². The van der Waals surface area contributed by atoms with Gasteiger partial charge in [-0.1, -0.05) is 44.9 Å². The number of aliphatic hydroxyl groups excluding tert-OH is 2. The Bertz CT molecular complexity index is 844. The van der Waals surface area contributed by atoms with Gasteiger partial charge in [-0.15, -0.1) is 0 Å². The van der Waals surface area contributed by atoms with Crippen molar-refractivity contribution in [3.8, 4) is 0 Å². The molecule has 164 valence electrons. The molecule has 1 spiro atoms. The molecule has 7 rings (SSSR count). The van der Waals surface area contributed by atoms with Crippen molar-refractivity contribution < 1.29 is 14.7 Å². The molecular weight excluding hydrogens is 372 g/mol. The molecule has 0 radical (unpaired) electrons. The van der Waals surface area contributed by atoms with Gasteiger partial charge in [0.25, 0.3) is 0 Å². The zero-order valence-electron chi connectivity index (χ0n) is 18.9. The Kier molecular flexibility index (Phi) is 4.22. The van der Waals surface area contributed by atoms with Crippen molar-refractivity contribution in [3.63, 3.8) is 0 Å². The van der Waals surface area contributed by atoms with Gasteiger partial charge in [0.15, 0.2) is 6.23 Å². The van der Waals surface area contributed by atoms with Crippen molar-refractivity contribution in [1.82, 2.24) is 0 Å². The van der Waals surface area contributed by atoms with E-state index in [0.717, 1.165) is 23.9 Å². The highest BCUT2D eigenvalue weighted by molar-refractivity contribution is 5.66. The molecule has 1 saturated carbocycles. The molecule has 1 aromatic rings. The highest BCUT2D eigenvalue weighted by atomic mass is 16.3. The minimum atomic E-state index is -0.272. The van der Waals surface area contributed by atoms with Crippen molar-refractivity contribution in [3.05, 3.63) is 29.8 Å². The number of anilines is 1. The highest BCUT2D eigenvalue weighted by Gasteiger charge is 2.82. The maximum absolute atomic E-state index is 12.0. The molecule has 5 bridgehead atoms. The minimum absolute atomic E-state index is 0.131. The Morgan fingerprint density at radius 2 is 1.90 bits per heavy atom. The third-order valence-corrected chi connectivity index (χ3v) is 10.5. The topological polar surface area (TPSA) is 43.7 Å². The molecule has 0 aromatic heterocycles. The van der Waals surface area contributed by atoms with Gasteiger partial charge in [-0.2, -0.15) is 0 Å². The molecule has 30 heavy (non-hydrogen) atoms. The van der Waals surface area contributed by atoms with E-state index in [4.69, 9.17) is 0 Å². The summed E-state index contributed by atoms with van der Waals surface area (Å²) in [6.45, 7) is 5.62. The average Bonchev–Trinajstić information content (AvgIpc) is 3.14.